The van der Waals surface area contributed by atoms with Gasteiger partial charge in [0, 0.05) is 11.1 Å². The second-order valence-electron chi connectivity index (χ2n) is 2.90. The minimum absolute atomic E-state index is 0.445. The Morgan fingerprint density at radius 1 is 1.36 bits per heavy atom. The first-order valence-corrected chi connectivity index (χ1v) is 5.37. The van der Waals surface area contributed by atoms with Crippen molar-refractivity contribution in [2.75, 3.05) is 12.0 Å². The predicted molar refractivity (Wildman–Crippen MR) is 58.3 cm³/mol. The van der Waals surface area contributed by atoms with Crippen molar-refractivity contribution < 1.29 is 0 Å². The third-order valence-corrected chi connectivity index (χ3v) is 2.58. The van der Waals surface area contributed by atoms with Crippen LogP contribution in [-0.4, -0.2) is 21.2 Å². The van der Waals surface area contributed by atoms with Gasteiger partial charge in [-0.1, -0.05) is 0 Å². The van der Waals surface area contributed by atoms with Crippen LogP contribution >= 0.6 is 11.8 Å². The molecule has 72 valence electrons. The lowest BCUT2D eigenvalue weighted by molar-refractivity contribution is 1.08. The van der Waals surface area contributed by atoms with E-state index in [0.717, 1.165) is 10.4 Å². The smallest absolute Gasteiger partial charge is 0.153 e. The van der Waals surface area contributed by atoms with Crippen LogP contribution in [0, 0.1) is 6.92 Å². The molecule has 14 heavy (non-hydrogen) atoms. The molecule has 0 amide bonds. The third kappa shape index (κ3) is 1.50. The zero-order valence-electron chi connectivity index (χ0n) is 7.98. The van der Waals surface area contributed by atoms with Gasteiger partial charge >= 0.3 is 0 Å². The molecule has 2 aromatic rings. The van der Waals surface area contributed by atoms with Crippen LogP contribution in [0.1, 0.15) is 5.82 Å². The number of pyridine rings is 1. The molecule has 0 aliphatic heterocycles. The van der Waals surface area contributed by atoms with Crippen LogP contribution in [0.5, 0.6) is 0 Å². The molecule has 2 rings (SSSR count). The predicted octanol–water partition coefficient (Wildman–Crippen LogP) is 1.64. The number of thioether (sulfide) groups is 1. The van der Waals surface area contributed by atoms with Crippen molar-refractivity contribution in [2.24, 2.45) is 0 Å². The van der Waals surface area contributed by atoms with E-state index in [0.29, 0.717) is 17.2 Å². The van der Waals surface area contributed by atoms with Crippen LogP contribution in [0.3, 0.4) is 0 Å². The normalized spacial score (nSPS) is 10.7. The van der Waals surface area contributed by atoms with E-state index in [1.54, 1.807) is 18.0 Å². The van der Waals surface area contributed by atoms with E-state index in [4.69, 9.17) is 5.73 Å². The molecular weight excluding hydrogens is 196 g/mol. The maximum Gasteiger partial charge on any atom is 0.153 e. The van der Waals surface area contributed by atoms with Gasteiger partial charge in [-0.15, -0.1) is 11.8 Å². The first kappa shape index (κ1) is 9.21. The van der Waals surface area contributed by atoms with Gasteiger partial charge in [0.15, 0.2) is 5.82 Å². The molecule has 0 aliphatic carbocycles. The molecule has 0 aromatic carbocycles. The fourth-order valence-electron chi connectivity index (χ4n) is 1.26. The minimum Gasteiger partial charge on any atom is -0.382 e. The van der Waals surface area contributed by atoms with Gasteiger partial charge in [-0.25, -0.2) is 15.0 Å². The molecule has 0 saturated heterocycles. The van der Waals surface area contributed by atoms with Gasteiger partial charge in [0.1, 0.15) is 11.3 Å². The summed E-state index contributed by atoms with van der Waals surface area (Å²) in [5.41, 5.74) is 7.21. The molecule has 0 unspecified atom stereocenters. The molecule has 0 fully saturated rings. The minimum atomic E-state index is 0.445. The summed E-state index contributed by atoms with van der Waals surface area (Å²) in [5, 5.41) is 0. The molecule has 0 radical (unpaired) electrons. The van der Waals surface area contributed by atoms with Crippen molar-refractivity contribution in [3.63, 3.8) is 0 Å². The third-order valence-electron chi connectivity index (χ3n) is 1.89. The molecule has 4 nitrogen and oxygen atoms in total. The van der Waals surface area contributed by atoms with Crippen molar-refractivity contribution in [1.29, 1.82) is 0 Å². The Morgan fingerprint density at radius 3 is 2.86 bits per heavy atom. The van der Waals surface area contributed by atoms with Gasteiger partial charge in [-0.2, -0.15) is 0 Å². The van der Waals surface area contributed by atoms with Crippen LogP contribution in [0.25, 0.3) is 11.0 Å². The van der Waals surface area contributed by atoms with Gasteiger partial charge in [0.05, 0.1) is 5.52 Å². The van der Waals surface area contributed by atoms with E-state index in [9.17, 15) is 0 Å². The van der Waals surface area contributed by atoms with Crippen molar-refractivity contribution in [3.05, 3.63) is 18.1 Å². The second kappa shape index (κ2) is 3.42. The van der Waals surface area contributed by atoms with E-state index < -0.39 is 0 Å². The summed E-state index contributed by atoms with van der Waals surface area (Å²) in [6.07, 6.45) is 3.78. The summed E-state index contributed by atoms with van der Waals surface area (Å²) in [4.78, 5) is 13.6. The maximum atomic E-state index is 5.73. The number of hydrogen-bond acceptors (Lipinski definition) is 5. The quantitative estimate of drug-likeness (QED) is 0.718. The zero-order valence-corrected chi connectivity index (χ0v) is 8.80. The zero-order chi connectivity index (χ0) is 10.1. The Labute approximate surface area is 86.0 Å². The highest BCUT2D eigenvalue weighted by Gasteiger charge is 2.04. The van der Waals surface area contributed by atoms with Crippen molar-refractivity contribution in [3.8, 4) is 0 Å². The topological polar surface area (TPSA) is 64.7 Å². The Balaban J connectivity index is 2.75. The number of aromatic nitrogens is 3. The summed E-state index contributed by atoms with van der Waals surface area (Å²) < 4.78 is 0. The number of aryl methyl sites for hydroxylation is 1. The van der Waals surface area contributed by atoms with E-state index >= 15 is 0 Å². The molecule has 5 heteroatoms. The van der Waals surface area contributed by atoms with Crippen LogP contribution in [0.15, 0.2) is 17.2 Å². The highest BCUT2D eigenvalue weighted by molar-refractivity contribution is 7.98. The van der Waals surface area contributed by atoms with E-state index in [2.05, 4.69) is 15.0 Å². The second-order valence-corrected chi connectivity index (χ2v) is 3.78. The molecule has 2 aromatic heterocycles. The number of nitrogens with zero attached hydrogens (tertiary/aromatic N) is 3. The molecule has 0 saturated carbocycles. The summed E-state index contributed by atoms with van der Waals surface area (Å²) in [5.74, 6) is 1.12. The summed E-state index contributed by atoms with van der Waals surface area (Å²) in [6.45, 7) is 1.82. The lowest BCUT2D eigenvalue weighted by atomic mass is 10.3. The number of rotatable bonds is 1. The molecular formula is C9H10N4S. The molecule has 0 spiro atoms. The Kier molecular flexibility index (Phi) is 2.25. The molecule has 2 N–H and O–H groups in total. The van der Waals surface area contributed by atoms with E-state index in [1.165, 1.54) is 0 Å². The van der Waals surface area contributed by atoms with Gasteiger partial charge in [0.2, 0.25) is 0 Å². The lowest BCUT2D eigenvalue weighted by Gasteiger charge is -2.02. The average Bonchev–Trinajstić information content (AvgIpc) is 2.16. The Hall–Kier alpha value is -1.36. The Bertz CT molecular complexity index is 483. The van der Waals surface area contributed by atoms with Gasteiger partial charge in [-0.05, 0) is 19.2 Å². The number of anilines is 1. The van der Waals surface area contributed by atoms with Crippen LogP contribution in [-0.2, 0) is 0 Å². The first-order valence-electron chi connectivity index (χ1n) is 4.14. The summed E-state index contributed by atoms with van der Waals surface area (Å²) in [6, 6.07) is 1.97. The average molecular weight is 206 g/mol. The lowest BCUT2D eigenvalue weighted by Crippen LogP contribution is -1.98. The van der Waals surface area contributed by atoms with Crippen molar-refractivity contribution >= 4 is 28.6 Å². The van der Waals surface area contributed by atoms with E-state index in [1.807, 2.05) is 19.2 Å². The first-order chi connectivity index (χ1) is 6.70. The number of fused-ring (bicyclic) bond motifs is 1. The summed E-state index contributed by atoms with van der Waals surface area (Å²) >= 11 is 1.63. The van der Waals surface area contributed by atoms with Crippen molar-refractivity contribution in [2.45, 2.75) is 11.8 Å². The van der Waals surface area contributed by atoms with Crippen LogP contribution < -0.4 is 5.73 Å². The van der Waals surface area contributed by atoms with Crippen molar-refractivity contribution in [1.82, 2.24) is 15.0 Å². The van der Waals surface area contributed by atoms with Gasteiger partial charge in [-0.3, -0.25) is 0 Å². The maximum absolute atomic E-state index is 5.73. The molecule has 0 atom stereocenters. The summed E-state index contributed by atoms with van der Waals surface area (Å²) in [7, 11) is 0. The van der Waals surface area contributed by atoms with Crippen LogP contribution in [0.4, 0.5) is 5.82 Å². The fraction of sp³-hybridized carbons (Fsp3) is 0.222. The highest BCUT2D eigenvalue weighted by Crippen LogP contribution is 2.20. The monoisotopic (exact) mass is 206 g/mol. The van der Waals surface area contributed by atoms with Gasteiger partial charge < -0.3 is 5.73 Å². The van der Waals surface area contributed by atoms with E-state index in [-0.39, 0.29) is 0 Å². The van der Waals surface area contributed by atoms with Crippen LogP contribution in [0.2, 0.25) is 0 Å². The largest absolute Gasteiger partial charge is 0.382 e. The highest BCUT2D eigenvalue weighted by atomic mass is 32.2. The fourth-order valence-corrected chi connectivity index (χ4v) is 1.64. The molecule has 0 aliphatic rings. The number of hydrogen-bond donors (Lipinski definition) is 1. The Morgan fingerprint density at radius 2 is 2.14 bits per heavy atom. The number of nitrogen functional groups attached to an aromatic ring is 1. The SMILES string of the molecule is CSc1cnc2c(N)nc(C)nc2c1. The number of nitrogens with two attached hydrogens (primary N) is 1. The molecule has 2 heterocycles. The standard InChI is InChI=1S/C9H10N4S/c1-5-12-7-3-6(14-2)4-11-8(7)9(10)13-5/h3-4H,1-2H3,(H2,10,12,13). The van der Waals surface area contributed by atoms with Gasteiger partial charge in [0.25, 0.3) is 0 Å². The molecule has 0 bridgehead atoms.